The highest BCUT2D eigenvalue weighted by atomic mass is 32.2. The lowest BCUT2D eigenvalue weighted by molar-refractivity contribution is -0.118. The van der Waals surface area contributed by atoms with Crippen molar-refractivity contribution in [1.29, 1.82) is 0 Å². The highest BCUT2D eigenvalue weighted by molar-refractivity contribution is 7.99. The molecular weight excluding hydrogens is 322 g/mol. The molecule has 7 heteroatoms. The van der Waals surface area contributed by atoms with Gasteiger partial charge in [0, 0.05) is 17.4 Å². The zero-order valence-electron chi connectivity index (χ0n) is 13.7. The summed E-state index contributed by atoms with van der Waals surface area (Å²) in [6, 6.07) is 7.90. The van der Waals surface area contributed by atoms with Crippen LogP contribution in [0.4, 0.5) is 0 Å². The molecule has 0 bridgehead atoms. The first-order valence-corrected chi connectivity index (χ1v) is 9.27. The van der Waals surface area contributed by atoms with Crippen LogP contribution in [0.5, 0.6) is 0 Å². The van der Waals surface area contributed by atoms with E-state index in [1.54, 1.807) is 0 Å². The first kappa shape index (κ1) is 16.7. The summed E-state index contributed by atoms with van der Waals surface area (Å²) in [5.74, 6) is 0.318. The van der Waals surface area contributed by atoms with E-state index in [1.807, 2.05) is 24.3 Å². The normalized spacial score (nSPS) is 11.2. The van der Waals surface area contributed by atoms with E-state index in [4.69, 9.17) is 0 Å². The molecule has 0 aliphatic heterocycles. The Labute approximate surface area is 144 Å². The highest BCUT2D eigenvalue weighted by Gasteiger charge is 2.10. The molecule has 126 valence electrons. The fourth-order valence-electron chi connectivity index (χ4n) is 2.53. The number of hydrogen-bond acceptors (Lipinski definition) is 5. The van der Waals surface area contributed by atoms with Gasteiger partial charge in [-0.3, -0.25) is 4.79 Å². The zero-order valence-corrected chi connectivity index (χ0v) is 14.5. The van der Waals surface area contributed by atoms with E-state index in [2.05, 4.69) is 32.4 Å². The number of para-hydroxylation sites is 1. The molecule has 0 spiro atoms. The maximum absolute atomic E-state index is 11.8. The number of hydrogen-bond donors (Lipinski definition) is 2. The Morgan fingerprint density at radius 3 is 2.96 bits per heavy atom. The molecule has 3 rings (SSSR count). The third-order valence-electron chi connectivity index (χ3n) is 3.79. The summed E-state index contributed by atoms with van der Waals surface area (Å²) in [6.45, 7) is 2.91. The van der Waals surface area contributed by atoms with Crippen molar-refractivity contribution in [1.82, 2.24) is 25.5 Å². The molecule has 6 nitrogen and oxygen atoms in total. The van der Waals surface area contributed by atoms with Crippen LogP contribution in [0.25, 0.3) is 22.1 Å². The third-order valence-corrected chi connectivity index (χ3v) is 4.63. The molecule has 0 radical (unpaired) electrons. The molecule has 2 aromatic heterocycles. The minimum absolute atomic E-state index is 0.0110. The Morgan fingerprint density at radius 1 is 1.21 bits per heavy atom. The molecule has 0 saturated carbocycles. The standard InChI is InChI=1S/C17H21N5OS/c1-2-3-4-7-10-18-14(23)11-24-17-20-16-15(21-22-17)12-8-5-6-9-13(12)19-16/h5-6,8-9H,2-4,7,10-11H2,1H3,(H,18,23)(H,19,20,22). The average Bonchev–Trinajstić information content (AvgIpc) is 2.97. The lowest BCUT2D eigenvalue weighted by atomic mass is 10.2. The number of nitrogens with zero attached hydrogens (tertiary/aromatic N) is 3. The fraction of sp³-hybridized carbons (Fsp3) is 0.412. The molecule has 0 unspecified atom stereocenters. The molecule has 3 aromatic rings. The van der Waals surface area contributed by atoms with E-state index in [-0.39, 0.29) is 5.91 Å². The minimum Gasteiger partial charge on any atom is -0.355 e. The number of H-pyrrole nitrogens is 1. The largest absolute Gasteiger partial charge is 0.355 e. The quantitative estimate of drug-likeness (QED) is 0.484. The van der Waals surface area contributed by atoms with E-state index in [1.165, 1.54) is 24.6 Å². The zero-order chi connectivity index (χ0) is 16.8. The topological polar surface area (TPSA) is 83.6 Å². The van der Waals surface area contributed by atoms with E-state index < -0.39 is 0 Å². The number of carbonyl (C=O) groups is 1. The number of carbonyl (C=O) groups excluding carboxylic acids is 1. The number of rotatable bonds is 8. The lowest BCUT2D eigenvalue weighted by Crippen LogP contribution is -2.26. The summed E-state index contributed by atoms with van der Waals surface area (Å²) in [6.07, 6.45) is 4.61. The first-order valence-electron chi connectivity index (χ1n) is 8.28. The molecule has 0 fully saturated rings. The summed E-state index contributed by atoms with van der Waals surface area (Å²) in [5.41, 5.74) is 2.45. The van der Waals surface area contributed by atoms with Gasteiger partial charge >= 0.3 is 0 Å². The Morgan fingerprint density at radius 2 is 2.08 bits per heavy atom. The number of aromatic amines is 1. The summed E-state index contributed by atoms with van der Waals surface area (Å²) in [5, 5.41) is 12.8. The second-order valence-electron chi connectivity index (χ2n) is 5.66. The number of aromatic nitrogens is 4. The van der Waals surface area contributed by atoms with Gasteiger partial charge in [-0.15, -0.1) is 10.2 Å². The summed E-state index contributed by atoms with van der Waals surface area (Å²) >= 11 is 1.30. The van der Waals surface area contributed by atoms with Crippen LogP contribution in [0.15, 0.2) is 29.4 Å². The Balaban J connectivity index is 1.55. The summed E-state index contributed by atoms with van der Waals surface area (Å²) in [7, 11) is 0. The van der Waals surface area contributed by atoms with Crippen LogP contribution in [0.2, 0.25) is 0 Å². The van der Waals surface area contributed by atoms with Gasteiger partial charge in [-0.1, -0.05) is 56.1 Å². The van der Waals surface area contributed by atoms with Crippen molar-refractivity contribution >= 4 is 39.7 Å². The van der Waals surface area contributed by atoms with E-state index in [0.29, 0.717) is 16.6 Å². The molecule has 1 amide bonds. The van der Waals surface area contributed by atoms with Gasteiger partial charge in [0.2, 0.25) is 11.1 Å². The van der Waals surface area contributed by atoms with Crippen LogP contribution < -0.4 is 5.32 Å². The van der Waals surface area contributed by atoms with Crippen LogP contribution in [0, 0.1) is 0 Å². The molecule has 2 heterocycles. The van der Waals surface area contributed by atoms with Gasteiger partial charge in [0.1, 0.15) is 5.52 Å². The van der Waals surface area contributed by atoms with Crippen molar-refractivity contribution in [3.05, 3.63) is 24.3 Å². The Kier molecular flexibility index (Phi) is 5.63. The molecule has 0 aliphatic rings. The highest BCUT2D eigenvalue weighted by Crippen LogP contribution is 2.23. The molecule has 2 N–H and O–H groups in total. The number of nitrogens with one attached hydrogen (secondary N) is 2. The molecule has 0 saturated heterocycles. The molecule has 1 aromatic carbocycles. The van der Waals surface area contributed by atoms with Crippen LogP contribution in [0.1, 0.15) is 32.6 Å². The SMILES string of the molecule is CCCCCCNC(=O)CSc1nnc2c(n1)[nH]c1ccccc12. The van der Waals surface area contributed by atoms with Crippen LogP contribution in [0.3, 0.4) is 0 Å². The van der Waals surface area contributed by atoms with Gasteiger partial charge in [-0.2, -0.15) is 0 Å². The van der Waals surface area contributed by atoms with Gasteiger partial charge in [0.25, 0.3) is 0 Å². The van der Waals surface area contributed by atoms with Crippen LogP contribution >= 0.6 is 11.8 Å². The number of unbranched alkanes of at least 4 members (excludes halogenated alkanes) is 3. The first-order chi connectivity index (χ1) is 11.8. The number of fused-ring (bicyclic) bond motifs is 3. The lowest BCUT2D eigenvalue weighted by Gasteiger charge is -2.04. The van der Waals surface area contributed by atoms with Crippen molar-refractivity contribution < 1.29 is 4.79 Å². The van der Waals surface area contributed by atoms with Crippen LogP contribution in [-0.4, -0.2) is 38.4 Å². The maximum atomic E-state index is 11.8. The van der Waals surface area contributed by atoms with E-state index >= 15 is 0 Å². The smallest absolute Gasteiger partial charge is 0.230 e. The number of benzene rings is 1. The molecular formula is C17H21N5OS. The summed E-state index contributed by atoms with van der Waals surface area (Å²) in [4.78, 5) is 19.5. The van der Waals surface area contributed by atoms with Crippen molar-refractivity contribution in [2.75, 3.05) is 12.3 Å². The second-order valence-corrected chi connectivity index (χ2v) is 6.60. The number of amides is 1. The third kappa shape index (κ3) is 4.03. The van der Waals surface area contributed by atoms with Crippen molar-refractivity contribution in [3.8, 4) is 0 Å². The van der Waals surface area contributed by atoms with Gasteiger partial charge in [-0.05, 0) is 12.5 Å². The van der Waals surface area contributed by atoms with Gasteiger partial charge in [0.05, 0.1) is 5.75 Å². The van der Waals surface area contributed by atoms with Gasteiger partial charge < -0.3 is 10.3 Å². The van der Waals surface area contributed by atoms with Crippen molar-refractivity contribution in [3.63, 3.8) is 0 Å². The van der Waals surface area contributed by atoms with E-state index in [9.17, 15) is 4.79 Å². The predicted octanol–water partition coefficient (Wildman–Crippen LogP) is 3.29. The number of thioether (sulfide) groups is 1. The van der Waals surface area contributed by atoms with Gasteiger partial charge in [-0.25, -0.2) is 4.98 Å². The fourth-order valence-corrected chi connectivity index (χ4v) is 3.14. The average molecular weight is 343 g/mol. The van der Waals surface area contributed by atoms with Crippen molar-refractivity contribution in [2.24, 2.45) is 0 Å². The predicted molar refractivity (Wildman–Crippen MR) is 97.1 cm³/mol. The second kappa shape index (κ2) is 8.10. The van der Waals surface area contributed by atoms with Gasteiger partial charge in [0.15, 0.2) is 5.65 Å². The Hall–Kier alpha value is -2.15. The minimum atomic E-state index is 0.0110. The van der Waals surface area contributed by atoms with E-state index in [0.717, 1.165) is 35.8 Å². The van der Waals surface area contributed by atoms with Crippen LogP contribution in [-0.2, 0) is 4.79 Å². The molecule has 0 atom stereocenters. The monoisotopic (exact) mass is 343 g/mol. The molecule has 0 aliphatic carbocycles. The van der Waals surface area contributed by atoms with Crippen molar-refractivity contribution in [2.45, 2.75) is 37.8 Å². The maximum Gasteiger partial charge on any atom is 0.230 e. The summed E-state index contributed by atoms with van der Waals surface area (Å²) < 4.78 is 0. The molecule has 24 heavy (non-hydrogen) atoms. The Bertz CT molecular complexity index is 832.